The van der Waals surface area contributed by atoms with Crippen molar-refractivity contribution in [2.45, 2.75) is 6.61 Å². The molecule has 2 aromatic rings. The molecule has 0 unspecified atom stereocenters. The van der Waals surface area contributed by atoms with Crippen molar-refractivity contribution >= 4 is 44.7 Å². The van der Waals surface area contributed by atoms with Crippen LogP contribution in [0.4, 0.5) is 0 Å². The fraction of sp³-hybridized carbons (Fsp3) is 0.0714. The molecule has 0 aliphatic rings. The highest BCUT2D eigenvalue weighted by Gasteiger charge is 2.04. The molecule has 2 nitrogen and oxygen atoms in total. The van der Waals surface area contributed by atoms with E-state index < -0.39 is 0 Å². The number of rotatable bonds is 4. The zero-order valence-electron chi connectivity index (χ0n) is 9.90. The lowest BCUT2D eigenvalue weighted by molar-refractivity contribution is 0.306. The maximum atomic E-state index is 6.08. The molecule has 5 heteroatoms. The maximum Gasteiger partial charge on any atom is 0.138 e. The van der Waals surface area contributed by atoms with Gasteiger partial charge in [0.2, 0.25) is 0 Å². The van der Waals surface area contributed by atoms with Crippen LogP contribution >= 0.6 is 39.7 Å². The first-order valence-corrected chi connectivity index (χ1v) is 7.11. The smallest absolute Gasteiger partial charge is 0.138 e. The number of nitrogens with two attached hydrogens (primary N) is 1. The highest BCUT2D eigenvalue weighted by molar-refractivity contribution is 9.10. The lowest BCUT2D eigenvalue weighted by Crippen LogP contribution is -2.09. The first-order chi connectivity index (χ1) is 9.06. The lowest BCUT2D eigenvalue weighted by Gasteiger charge is -2.09. The van der Waals surface area contributed by atoms with Gasteiger partial charge in [0.1, 0.15) is 17.3 Å². The molecule has 0 bridgehead atoms. The van der Waals surface area contributed by atoms with Crippen molar-refractivity contribution in [1.29, 1.82) is 0 Å². The van der Waals surface area contributed by atoms with Gasteiger partial charge in [0.05, 0.1) is 5.02 Å². The zero-order chi connectivity index (χ0) is 13.8. The molecule has 98 valence electrons. The van der Waals surface area contributed by atoms with E-state index in [0.29, 0.717) is 22.4 Å². The van der Waals surface area contributed by atoms with Crippen LogP contribution < -0.4 is 10.5 Å². The summed E-state index contributed by atoms with van der Waals surface area (Å²) in [7, 11) is 0. The van der Waals surface area contributed by atoms with Crippen molar-refractivity contribution in [3.63, 3.8) is 0 Å². The summed E-state index contributed by atoms with van der Waals surface area (Å²) in [6.07, 6.45) is 0. The van der Waals surface area contributed by atoms with Crippen LogP contribution in [0.5, 0.6) is 5.75 Å². The predicted octanol–water partition coefficient (Wildman–Crippen LogP) is 4.32. The molecule has 2 rings (SSSR count). The van der Waals surface area contributed by atoms with Gasteiger partial charge in [-0.25, -0.2) is 0 Å². The average Bonchev–Trinajstić information content (AvgIpc) is 2.38. The second kappa shape index (κ2) is 6.37. The number of thiocarbonyl (C=S) groups is 1. The number of hydrogen-bond acceptors (Lipinski definition) is 2. The molecule has 0 atom stereocenters. The Morgan fingerprint density at radius 2 is 2.05 bits per heavy atom. The van der Waals surface area contributed by atoms with Gasteiger partial charge in [-0.15, -0.1) is 0 Å². The number of halogens is 2. The lowest BCUT2D eigenvalue weighted by atomic mass is 10.1. The molecule has 0 spiro atoms. The van der Waals surface area contributed by atoms with Crippen molar-refractivity contribution in [1.82, 2.24) is 0 Å². The van der Waals surface area contributed by atoms with Crippen molar-refractivity contribution in [3.05, 3.63) is 63.1 Å². The summed E-state index contributed by atoms with van der Waals surface area (Å²) in [5.74, 6) is 0.644. The predicted molar refractivity (Wildman–Crippen MR) is 85.8 cm³/mol. The van der Waals surface area contributed by atoms with Gasteiger partial charge in [-0.2, -0.15) is 0 Å². The summed E-state index contributed by atoms with van der Waals surface area (Å²) in [5, 5.41) is 0.569. The van der Waals surface area contributed by atoms with Gasteiger partial charge < -0.3 is 10.5 Å². The fourth-order valence-electron chi connectivity index (χ4n) is 1.57. The Labute approximate surface area is 130 Å². The summed E-state index contributed by atoms with van der Waals surface area (Å²) in [4.78, 5) is 0.378. The molecule has 0 aromatic heterocycles. The molecule has 0 aliphatic heterocycles. The molecule has 0 amide bonds. The minimum atomic E-state index is 0.378. The van der Waals surface area contributed by atoms with Crippen LogP contribution in [0.2, 0.25) is 5.02 Å². The Balaban J connectivity index is 2.10. The molecule has 2 aromatic carbocycles. The fourth-order valence-corrected chi connectivity index (χ4v) is 2.42. The van der Waals surface area contributed by atoms with E-state index in [4.69, 9.17) is 34.3 Å². The summed E-state index contributed by atoms with van der Waals surface area (Å²) < 4.78 is 6.59. The molecule has 0 heterocycles. The summed E-state index contributed by atoms with van der Waals surface area (Å²) >= 11 is 14.4. The van der Waals surface area contributed by atoms with E-state index in [1.807, 2.05) is 36.4 Å². The van der Waals surface area contributed by atoms with Gasteiger partial charge in [-0.05, 0) is 29.8 Å². The van der Waals surface area contributed by atoms with Crippen LogP contribution in [0.25, 0.3) is 0 Å². The van der Waals surface area contributed by atoms with Crippen LogP contribution in [0.3, 0.4) is 0 Å². The van der Waals surface area contributed by atoms with Gasteiger partial charge in [-0.3, -0.25) is 0 Å². The number of hydrogen-bond donors (Lipinski definition) is 1. The second-order valence-electron chi connectivity index (χ2n) is 3.93. The van der Waals surface area contributed by atoms with E-state index in [0.717, 1.165) is 15.6 Å². The van der Waals surface area contributed by atoms with Crippen LogP contribution in [-0.2, 0) is 6.61 Å². The van der Waals surface area contributed by atoms with E-state index in [-0.39, 0.29) is 0 Å². The van der Waals surface area contributed by atoms with E-state index in [1.54, 1.807) is 6.07 Å². The maximum absolute atomic E-state index is 6.08. The summed E-state index contributed by atoms with van der Waals surface area (Å²) in [6, 6.07) is 13.1. The standard InChI is InChI=1S/C14H11BrClNOS/c15-11-4-5-13(12(16)7-11)18-8-9-2-1-3-10(6-9)14(17)19/h1-7H,8H2,(H2,17,19). The van der Waals surface area contributed by atoms with Crippen LogP contribution in [0.1, 0.15) is 11.1 Å². The topological polar surface area (TPSA) is 35.2 Å². The molecule has 0 radical (unpaired) electrons. The van der Waals surface area contributed by atoms with Crippen LogP contribution in [0.15, 0.2) is 46.9 Å². The third-order valence-corrected chi connectivity index (χ3v) is 3.52. The van der Waals surface area contributed by atoms with E-state index in [2.05, 4.69) is 15.9 Å². The molecule has 0 aliphatic carbocycles. The first-order valence-electron chi connectivity index (χ1n) is 5.53. The number of ether oxygens (including phenoxy) is 1. The molecular formula is C14H11BrClNOS. The zero-order valence-corrected chi connectivity index (χ0v) is 13.1. The molecule has 19 heavy (non-hydrogen) atoms. The van der Waals surface area contributed by atoms with E-state index in [9.17, 15) is 0 Å². The second-order valence-corrected chi connectivity index (χ2v) is 5.69. The van der Waals surface area contributed by atoms with Gasteiger partial charge in [0.15, 0.2) is 0 Å². The van der Waals surface area contributed by atoms with E-state index >= 15 is 0 Å². The Kier molecular flexibility index (Phi) is 4.80. The monoisotopic (exact) mass is 355 g/mol. The molecule has 0 saturated heterocycles. The van der Waals surface area contributed by atoms with Gasteiger partial charge in [-0.1, -0.05) is 57.9 Å². The van der Waals surface area contributed by atoms with E-state index in [1.165, 1.54) is 0 Å². The minimum absolute atomic E-state index is 0.378. The highest BCUT2D eigenvalue weighted by atomic mass is 79.9. The third-order valence-electron chi connectivity index (χ3n) is 2.50. The first kappa shape index (κ1) is 14.3. The largest absolute Gasteiger partial charge is 0.487 e. The minimum Gasteiger partial charge on any atom is -0.487 e. The average molecular weight is 357 g/mol. The number of benzene rings is 2. The van der Waals surface area contributed by atoms with Gasteiger partial charge in [0.25, 0.3) is 0 Å². The van der Waals surface area contributed by atoms with Crippen molar-refractivity contribution < 1.29 is 4.74 Å². The normalized spacial score (nSPS) is 10.2. The summed E-state index contributed by atoms with van der Waals surface area (Å²) in [6.45, 7) is 0.414. The Hall–Kier alpha value is -1.10. The Morgan fingerprint density at radius 1 is 1.26 bits per heavy atom. The molecular weight excluding hydrogens is 346 g/mol. The van der Waals surface area contributed by atoms with Crippen molar-refractivity contribution in [2.24, 2.45) is 5.73 Å². The molecule has 0 saturated carbocycles. The summed E-state index contributed by atoms with van der Waals surface area (Å²) in [5.41, 5.74) is 7.42. The third kappa shape index (κ3) is 3.93. The molecule has 0 fully saturated rings. The quantitative estimate of drug-likeness (QED) is 0.829. The van der Waals surface area contributed by atoms with Crippen LogP contribution in [-0.4, -0.2) is 4.99 Å². The van der Waals surface area contributed by atoms with Gasteiger partial charge >= 0.3 is 0 Å². The SMILES string of the molecule is NC(=S)c1cccc(COc2ccc(Br)cc2Cl)c1. The van der Waals surface area contributed by atoms with Crippen LogP contribution in [0, 0.1) is 0 Å². The van der Waals surface area contributed by atoms with Crippen molar-refractivity contribution in [3.8, 4) is 5.75 Å². The Morgan fingerprint density at radius 3 is 2.74 bits per heavy atom. The van der Waals surface area contributed by atoms with Gasteiger partial charge in [0, 0.05) is 10.0 Å². The highest BCUT2D eigenvalue weighted by Crippen LogP contribution is 2.28. The Bertz CT molecular complexity index is 618. The molecule has 2 N–H and O–H groups in total. The van der Waals surface area contributed by atoms with Crippen molar-refractivity contribution in [2.75, 3.05) is 0 Å².